The molecule has 19 heavy (non-hydrogen) atoms. The molecule has 2 fully saturated rings. The highest BCUT2D eigenvalue weighted by atomic mass is 79.9. The summed E-state index contributed by atoms with van der Waals surface area (Å²) in [5, 5.41) is 0. The highest BCUT2D eigenvalue weighted by molar-refractivity contribution is 9.10. The van der Waals surface area contributed by atoms with Crippen LogP contribution >= 0.6 is 15.9 Å². The van der Waals surface area contributed by atoms with Crippen molar-refractivity contribution in [3.05, 3.63) is 33.8 Å². The van der Waals surface area contributed by atoms with Crippen LogP contribution in [-0.4, -0.2) is 24.0 Å². The Hall–Kier alpha value is -0.380. The zero-order valence-corrected chi connectivity index (χ0v) is 13.2. The Morgan fingerprint density at radius 2 is 2.16 bits per heavy atom. The Morgan fingerprint density at radius 1 is 1.32 bits per heavy atom. The van der Waals surface area contributed by atoms with Gasteiger partial charge in [0.25, 0.3) is 0 Å². The van der Waals surface area contributed by atoms with Gasteiger partial charge >= 0.3 is 0 Å². The van der Waals surface area contributed by atoms with E-state index in [0.717, 1.165) is 18.4 Å². The number of benzene rings is 1. The van der Waals surface area contributed by atoms with Crippen LogP contribution in [0.5, 0.6) is 0 Å². The summed E-state index contributed by atoms with van der Waals surface area (Å²) in [6.45, 7) is 5.61. The second kappa shape index (κ2) is 5.55. The SMILES string of the molecule is Cc1ccc(CN2CC3CCCC(N)C3C2)c(Br)c1. The van der Waals surface area contributed by atoms with E-state index in [1.54, 1.807) is 0 Å². The van der Waals surface area contributed by atoms with E-state index in [4.69, 9.17) is 5.73 Å². The van der Waals surface area contributed by atoms with Crippen molar-refractivity contribution in [2.75, 3.05) is 13.1 Å². The number of halogens is 1. The minimum Gasteiger partial charge on any atom is -0.327 e. The molecule has 1 aromatic carbocycles. The number of hydrogen-bond donors (Lipinski definition) is 1. The molecule has 3 rings (SSSR count). The Labute approximate surface area is 124 Å². The van der Waals surface area contributed by atoms with Gasteiger partial charge in [0.15, 0.2) is 0 Å². The summed E-state index contributed by atoms with van der Waals surface area (Å²) in [5.74, 6) is 1.57. The lowest BCUT2D eigenvalue weighted by Crippen LogP contribution is -2.38. The van der Waals surface area contributed by atoms with E-state index in [1.807, 2.05) is 0 Å². The van der Waals surface area contributed by atoms with E-state index in [2.05, 4.69) is 46.0 Å². The zero-order valence-electron chi connectivity index (χ0n) is 11.6. The molecule has 3 heteroatoms. The molecule has 104 valence electrons. The van der Waals surface area contributed by atoms with Crippen molar-refractivity contribution in [3.8, 4) is 0 Å². The number of aryl methyl sites for hydroxylation is 1. The third-order valence-corrected chi connectivity index (χ3v) is 5.57. The monoisotopic (exact) mass is 322 g/mol. The Balaban J connectivity index is 1.68. The summed E-state index contributed by atoms with van der Waals surface area (Å²) in [4.78, 5) is 2.59. The van der Waals surface area contributed by atoms with E-state index in [1.165, 1.54) is 48.0 Å². The lowest BCUT2D eigenvalue weighted by Gasteiger charge is -2.29. The fraction of sp³-hybridized carbons (Fsp3) is 0.625. The standard InChI is InChI=1S/C16H23BrN2/c1-11-5-6-13(15(17)7-11)9-19-8-12-3-2-4-16(18)14(12)10-19/h5-7,12,14,16H,2-4,8-10,18H2,1H3. The number of likely N-dealkylation sites (tertiary alicyclic amines) is 1. The summed E-state index contributed by atoms with van der Waals surface area (Å²) in [6.07, 6.45) is 3.93. The minimum atomic E-state index is 0.435. The topological polar surface area (TPSA) is 29.3 Å². The van der Waals surface area contributed by atoms with E-state index < -0.39 is 0 Å². The predicted octanol–water partition coefficient (Wildman–Crippen LogP) is 3.32. The van der Waals surface area contributed by atoms with E-state index in [-0.39, 0.29) is 0 Å². The number of nitrogens with two attached hydrogens (primary N) is 1. The van der Waals surface area contributed by atoms with Crippen LogP contribution in [0.2, 0.25) is 0 Å². The van der Waals surface area contributed by atoms with Gasteiger partial charge in [-0.2, -0.15) is 0 Å². The Bertz CT molecular complexity index is 460. The molecular weight excluding hydrogens is 300 g/mol. The quantitative estimate of drug-likeness (QED) is 0.905. The van der Waals surface area contributed by atoms with E-state index >= 15 is 0 Å². The molecule has 1 aliphatic carbocycles. The first kappa shape index (κ1) is 13.6. The van der Waals surface area contributed by atoms with Crippen molar-refractivity contribution in [2.45, 2.75) is 38.8 Å². The highest BCUT2D eigenvalue weighted by Gasteiger charge is 2.38. The number of fused-ring (bicyclic) bond motifs is 1. The second-order valence-corrected chi connectivity index (χ2v) is 7.16. The van der Waals surface area contributed by atoms with Crippen LogP contribution in [-0.2, 0) is 6.54 Å². The molecule has 3 atom stereocenters. The van der Waals surface area contributed by atoms with Crippen LogP contribution < -0.4 is 5.73 Å². The average Bonchev–Trinajstić information content (AvgIpc) is 2.77. The first-order valence-electron chi connectivity index (χ1n) is 7.36. The molecule has 1 aromatic rings. The van der Waals surface area contributed by atoms with Crippen molar-refractivity contribution in [1.29, 1.82) is 0 Å². The molecular formula is C16H23BrN2. The van der Waals surface area contributed by atoms with Crippen LogP contribution in [0.4, 0.5) is 0 Å². The van der Waals surface area contributed by atoms with Gasteiger partial charge in [0.05, 0.1) is 0 Å². The molecule has 0 bridgehead atoms. The van der Waals surface area contributed by atoms with Crippen LogP contribution in [0, 0.1) is 18.8 Å². The van der Waals surface area contributed by atoms with Gasteiger partial charge in [0.1, 0.15) is 0 Å². The summed E-state index contributed by atoms with van der Waals surface area (Å²) in [6, 6.07) is 7.10. The zero-order chi connectivity index (χ0) is 13.4. The summed E-state index contributed by atoms with van der Waals surface area (Å²) >= 11 is 3.69. The molecule has 1 heterocycles. The summed E-state index contributed by atoms with van der Waals surface area (Å²) in [5.41, 5.74) is 9.00. The minimum absolute atomic E-state index is 0.435. The first-order valence-corrected chi connectivity index (χ1v) is 8.16. The Kier molecular flexibility index (Phi) is 3.97. The molecule has 2 nitrogen and oxygen atoms in total. The maximum Gasteiger partial charge on any atom is 0.0245 e. The lowest BCUT2D eigenvalue weighted by molar-refractivity contribution is 0.259. The molecule has 1 saturated carbocycles. The van der Waals surface area contributed by atoms with Crippen LogP contribution in [0.25, 0.3) is 0 Å². The smallest absolute Gasteiger partial charge is 0.0245 e. The normalized spacial score (nSPS) is 31.4. The third-order valence-electron chi connectivity index (χ3n) is 4.83. The lowest BCUT2D eigenvalue weighted by atomic mass is 9.78. The first-order chi connectivity index (χ1) is 9.13. The number of nitrogens with zero attached hydrogens (tertiary/aromatic N) is 1. The highest BCUT2D eigenvalue weighted by Crippen LogP contribution is 2.36. The van der Waals surface area contributed by atoms with E-state index in [0.29, 0.717) is 6.04 Å². The maximum absolute atomic E-state index is 6.29. The molecule has 3 unspecified atom stereocenters. The number of hydrogen-bond acceptors (Lipinski definition) is 2. The fourth-order valence-corrected chi connectivity index (χ4v) is 4.38. The van der Waals surface area contributed by atoms with Crippen molar-refractivity contribution in [1.82, 2.24) is 4.90 Å². The third kappa shape index (κ3) is 2.88. The van der Waals surface area contributed by atoms with Crippen molar-refractivity contribution < 1.29 is 0 Å². The number of rotatable bonds is 2. The summed E-state index contributed by atoms with van der Waals surface area (Å²) < 4.78 is 1.24. The van der Waals surface area contributed by atoms with E-state index in [9.17, 15) is 0 Å². The van der Waals surface area contributed by atoms with Crippen molar-refractivity contribution in [3.63, 3.8) is 0 Å². The van der Waals surface area contributed by atoms with Crippen molar-refractivity contribution >= 4 is 15.9 Å². The van der Waals surface area contributed by atoms with Crippen LogP contribution in [0.3, 0.4) is 0 Å². The van der Waals surface area contributed by atoms with Gasteiger partial charge < -0.3 is 5.73 Å². The molecule has 1 aliphatic heterocycles. The predicted molar refractivity (Wildman–Crippen MR) is 83.0 cm³/mol. The van der Waals surface area contributed by atoms with Gasteiger partial charge in [-0.25, -0.2) is 0 Å². The fourth-order valence-electron chi connectivity index (χ4n) is 3.76. The molecule has 0 spiro atoms. The second-order valence-electron chi connectivity index (χ2n) is 6.31. The molecule has 2 N–H and O–H groups in total. The largest absolute Gasteiger partial charge is 0.327 e. The molecule has 0 amide bonds. The van der Waals surface area contributed by atoms with Gasteiger partial charge in [0, 0.05) is 30.1 Å². The molecule has 0 aromatic heterocycles. The molecule has 0 radical (unpaired) electrons. The van der Waals surface area contributed by atoms with Crippen LogP contribution in [0.1, 0.15) is 30.4 Å². The maximum atomic E-state index is 6.29. The van der Waals surface area contributed by atoms with Gasteiger partial charge in [0.2, 0.25) is 0 Å². The molecule has 1 saturated heterocycles. The van der Waals surface area contributed by atoms with Crippen molar-refractivity contribution in [2.24, 2.45) is 17.6 Å². The Morgan fingerprint density at radius 3 is 2.89 bits per heavy atom. The van der Waals surface area contributed by atoms with Gasteiger partial charge in [-0.15, -0.1) is 0 Å². The average molecular weight is 323 g/mol. The van der Waals surface area contributed by atoms with Crippen LogP contribution in [0.15, 0.2) is 22.7 Å². The summed E-state index contributed by atoms with van der Waals surface area (Å²) in [7, 11) is 0. The van der Waals surface area contributed by atoms with Gasteiger partial charge in [-0.1, -0.05) is 34.5 Å². The van der Waals surface area contributed by atoms with Gasteiger partial charge in [-0.05, 0) is 48.8 Å². The van der Waals surface area contributed by atoms with Gasteiger partial charge in [-0.3, -0.25) is 4.90 Å². The molecule has 2 aliphatic rings.